The molecule has 4 aromatic rings. The number of amides is 2. The fraction of sp³-hybridized carbons (Fsp3) is 0.452. The Labute approximate surface area is 328 Å². The quantitative estimate of drug-likeness (QED) is 0.132. The van der Waals surface area contributed by atoms with Crippen LogP contribution in [0.25, 0.3) is 11.2 Å². The van der Waals surface area contributed by atoms with Gasteiger partial charge in [-0.1, -0.05) is 42.7 Å². The van der Waals surface area contributed by atoms with E-state index in [2.05, 4.69) is 54.7 Å². The molecule has 1 unspecified atom stereocenters. The second-order valence-electron chi connectivity index (χ2n) is 13.0. The number of hydrogen-bond donors (Lipinski definition) is 5. The topological polar surface area (TPSA) is 258 Å². The maximum atomic E-state index is 13.8. The van der Waals surface area contributed by atoms with E-state index in [1.165, 1.54) is 48.5 Å². The molecule has 1 aliphatic carbocycles. The zero-order chi connectivity index (χ0) is 39.8. The van der Waals surface area contributed by atoms with Gasteiger partial charge in [0.2, 0.25) is 11.8 Å². The number of imidazole rings is 1. The number of fused-ring (bicyclic) bond motifs is 4. The van der Waals surface area contributed by atoms with Crippen LogP contribution in [-0.4, -0.2) is 109 Å². The average Bonchev–Trinajstić information content (AvgIpc) is 3.84. The SMILES string of the molecule is COC(=O)N(C)Cc1ccccc1C(=O)Nc1nc2c(ncn2[C@@H]2OC3CO[P@@](=O)(S)O[C@H]4C[C@H](Oc5ccncn5)C[C@@H]4CO[P@@](=O)(S)O[C@@H]2[C@@H]3O)c(=O)[nH]1. The zero-order valence-corrected chi connectivity index (χ0v) is 33.1. The van der Waals surface area contributed by atoms with Crippen molar-refractivity contribution in [3.63, 3.8) is 0 Å². The summed E-state index contributed by atoms with van der Waals surface area (Å²) in [5, 5.41) is 14.0. The van der Waals surface area contributed by atoms with E-state index in [9.17, 15) is 28.6 Å². The highest BCUT2D eigenvalue weighted by atomic mass is 32.7. The third-order valence-electron chi connectivity index (χ3n) is 9.21. The van der Waals surface area contributed by atoms with Gasteiger partial charge in [-0.05, 0) is 18.1 Å². The van der Waals surface area contributed by atoms with Gasteiger partial charge in [0.05, 0.1) is 32.8 Å². The number of H-pyrrole nitrogens is 1. The van der Waals surface area contributed by atoms with Crippen LogP contribution in [0.15, 0.2) is 54.0 Å². The van der Waals surface area contributed by atoms with Crippen molar-refractivity contribution in [2.45, 2.75) is 56.1 Å². The van der Waals surface area contributed by atoms with Gasteiger partial charge in [0, 0.05) is 43.8 Å². The number of rotatable bonds is 7. The summed E-state index contributed by atoms with van der Waals surface area (Å²) in [4.78, 5) is 58.9. The number of carbonyl (C=O) groups is 2. The summed E-state index contributed by atoms with van der Waals surface area (Å²) >= 11 is 8.36. The van der Waals surface area contributed by atoms with Crippen LogP contribution in [0.3, 0.4) is 0 Å². The lowest BCUT2D eigenvalue weighted by molar-refractivity contribution is -0.0487. The number of methoxy groups -OCH3 is 1. The van der Waals surface area contributed by atoms with Crippen LogP contribution in [0.4, 0.5) is 10.7 Å². The summed E-state index contributed by atoms with van der Waals surface area (Å²) in [7, 11) is 2.74. The van der Waals surface area contributed by atoms with Gasteiger partial charge < -0.3 is 28.7 Å². The van der Waals surface area contributed by atoms with Gasteiger partial charge in [-0.2, -0.15) is 4.98 Å². The molecule has 21 nitrogen and oxygen atoms in total. The van der Waals surface area contributed by atoms with Gasteiger partial charge in [-0.25, -0.2) is 28.9 Å². The van der Waals surface area contributed by atoms with Gasteiger partial charge in [-0.15, -0.1) is 0 Å². The van der Waals surface area contributed by atoms with Gasteiger partial charge in [0.1, 0.15) is 30.7 Å². The predicted molar refractivity (Wildman–Crippen MR) is 200 cm³/mol. The average molecular weight is 855 g/mol. The van der Waals surface area contributed by atoms with E-state index >= 15 is 0 Å². The normalized spacial score (nSPS) is 30.7. The molecule has 0 spiro atoms. The van der Waals surface area contributed by atoms with Gasteiger partial charge >= 0.3 is 19.7 Å². The molecule has 25 heteroatoms. The van der Waals surface area contributed by atoms with Crippen molar-refractivity contribution in [1.29, 1.82) is 0 Å². The number of carbonyl (C=O) groups excluding carboxylic acids is 2. The third-order valence-corrected chi connectivity index (χ3v) is 12.5. The summed E-state index contributed by atoms with van der Waals surface area (Å²) in [6, 6.07) is 8.07. The first-order chi connectivity index (χ1) is 26.7. The molecule has 3 aliphatic rings. The van der Waals surface area contributed by atoms with Crippen LogP contribution in [-0.2, 0) is 43.2 Å². The lowest BCUT2D eigenvalue weighted by atomic mass is 10.1. The number of anilines is 1. The second-order valence-corrected chi connectivity index (χ2v) is 18.7. The number of hydrogen-bond acceptors (Lipinski definition) is 17. The molecule has 3 fully saturated rings. The standard InChI is InChI=1S/C31H36N8O13P2S2/c1-38(31(43)46-2)11-16-5-3-4-6-19(16)27(41)36-30-35-26-23(28(42)37-30)34-15-39(26)29-25-24(40)21(50-29)13-48-53(44,55)51-20-10-18(49-22-7-8-32-14-33-22)9-17(20)12-47-54(45,56)52-25/h3-8,14-15,17-18,20-21,24-25,29,40H,9-13H2,1-2H3,(H,44,55)(H,45,56)(H2,35,36,37,41,42)/t17-,18-,20+,21?,24-,25-,29-,53-,54-/m1/s1. The maximum Gasteiger partial charge on any atom is 0.409 e. The fourth-order valence-corrected chi connectivity index (χ4v) is 9.66. The summed E-state index contributed by atoms with van der Waals surface area (Å²) in [5.41, 5.74) is -0.401. The number of nitrogens with zero attached hydrogens (tertiary/aromatic N) is 6. The Bertz CT molecular complexity index is 2250. The first kappa shape index (κ1) is 40.3. The molecular weight excluding hydrogens is 818 g/mol. The summed E-state index contributed by atoms with van der Waals surface area (Å²) in [6.45, 7) is -9.16. The van der Waals surface area contributed by atoms with Crippen LogP contribution < -0.4 is 15.6 Å². The Hall–Kier alpha value is -3.89. The molecule has 2 saturated heterocycles. The molecule has 5 heterocycles. The molecule has 1 aromatic carbocycles. The summed E-state index contributed by atoms with van der Waals surface area (Å²) in [6.07, 6.45) is -3.06. The molecule has 2 bridgehead atoms. The molecule has 7 rings (SSSR count). The molecule has 0 radical (unpaired) electrons. The van der Waals surface area contributed by atoms with E-state index in [0.29, 0.717) is 17.9 Å². The van der Waals surface area contributed by atoms with Crippen LogP contribution in [0, 0.1) is 5.92 Å². The lowest BCUT2D eigenvalue weighted by Gasteiger charge is -2.26. The predicted octanol–water partition coefficient (Wildman–Crippen LogP) is 3.37. The van der Waals surface area contributed by atoms with Crippen LogP contribution in [0.5, 0.6) is 5.88 Å². The van der Waals surface area contributed by atoms with Crippen molar-refractivity contribution in [2.75, 3.05) is 32.7 Å². The second kappa shape index (κ2) is 16.5. The minimum atomic E-state index is -4.30. The minimum absolute atomic E-state index is 0.0351. The number of nitrogens with one attached hydrogen (secondary N) is 2. The smallest absolute Gasteiger partial charge is 0.409 e. The molecule has 3 aromatic heterocycles. The molecule has 56 heavy (non-hydrogen) atoms. The first-order valence-electron chi connectivity index (χ1n) is 16.9. The number of aromatic amines is 1. The van der Waals surface area contributed by atoms with E-state index in [-0.39, 0.29) is 42.2 Å². The van der Waals surface area contributed by atoms with Crippen LogP contribution in [0.1, 0.15) is 35.0 Å². The number of benzene rings is 1. The van der Waals surface area contributed by atoms with Gasteiger partial charge in [-0.3, -0.25) is 38.0 Å². The first-order valence-corrected chi connectivity index (χ1v) is 22.3. The van der Waals surface area contributed by atoms with E-state index < -0.39 is 80.4 Å². The Morgan fingerprint density at radius 2 is 1.86 bits per heavy atom. The van der Waals surface area contributed by atoms with Crippen molar-refractivity contribution in [1.82, 2.24) is 34.4 Å². The minimum Gasteiger partial charge on any atom is -0.474 e. The lowest BCUT2D eigenvalue weighted by Crippen LogP contribution is -2.35. The fourth-order valence-electron chi connectivity index (χ4n) is 6.60. The zero-order valence-electron chi connectivity index (χ0n) is 29.5. The molecule has 1 saturated carbocycles. The van der Waals surface area contributed by atoms with Crippen LogP contribution >= 0.6 is 38.1 Å². The van der Waals surface area contributed by atoms with E-state index in [4.69, 9.17) is 32.3 Å². The van der Waals surface area contributed by atoms with Crippen LogP contribution in [0.2, 0.25) is 0 Å². The number of aliphatic hydroxyl groups excluding tert-OH is 1. The number of ether oxygens (including phenoxy) is 3. The Morgan fingerprint density at radius 1 is 1.09 bits per heavy atom. The van der Waals surface area contributed by atoms with E-state index in [1.54, 1.807) is 24.3 Å². The highest BCUT2D eigenvalue weighted by molar-refractivity contribution is 8.44. The van der Waals surface area contributed by atoms with Crippen molar-refractivity contribution >= 4 is 67.2 Å². The summed E-state index contributed by atoms with van der Waals surface area (Å²) in [5.74, 6) is -1.17. The third kappa shape index (κ3) is 8.96. The molecule has 3 N–H and O–H groups in total. The van der Waals surface area contributed by atoms with Crippen molar-refractivity contribution in [2.24, 2.45) is 5.92 Å². The highest BCUT2D eigenvalue weighted by Crippen LogP contribution is 2.60. The van der Waals surface area contributed by atoms with E-state index in [0.717, 1.165) is 0 Å². The largest absolute Gasteiger partial charge is 0.474 e. The van der Waals surface area contributed by atoms with Gasteiger partial charge in [0.25, 0.3) is 11.5 Å². The maximum absolute atomic E-state index is 13.8. The number of aliphatic hydroxyl groups is 1. The van der Waals surface area contributed by atoms with E-state index in [1.807, 2.05) is 0 Å². The number of thiol groups is 2. The van der Waals surface area contributed by atoms with Gasteiger partial charge in [0.15, 0.2) is 17.4 Å². The van der Waals surface area contributed by atoms with Crippen molar-refractivity contribution < 1.29 is 56.1 Å². The number of aromatic nitrogens is 6. The Kier molecular flexibility index (Phi) is 11.9. The monoisotopic (exact) mass is 854 g/mol. The van der Waals surface area contributed by atoms with Crippen molar-refractivity contribution in [3.05, 3.63) is 70.7 Å². The molecule has 2 amide bonds. The Morgan fingerprint density at radius 3 is 2.62 bits per heavy atom. The molecule has 2 aliphatic heterocycles. The summed E-state index contributed by atoms with van der Waals surface area (Å²) < 4.78 is 68.2. The molecular formula is C31H36N8O13P2S2. The molecule has 9 atom stereocenters. The molecule has 300 valence electrons. The Balaban J connectivity index is 1.14. The highest BCUT2D eigenvalue weighted by Gasteiger charge is 2.51. The van der Waals surface area contributed by atoms with Crippen molar-refractivity contribution in [3.8, 4) is 5.88 Å².